The number of hydrogen-bond donors (Lipinski definition) is 1. The molecule has 2 atom stereocenters. The van der Waals surface area contributed by atoms with E-state index in [1.54, 1.807) is 0 Å². The van der Waals surface area contributed by atoms with Gasteiger partial charge < -0.3 is 9.73 Å². The maximum atomic E-state index is 12.1. The van der Waals surface area contributed by atoms with Gasteiger partial charge in [-0.05, 0) is 43.0 Å². The molecule has 1 heterocycles. The van der Waals surface area contributed by atoms with Gasteiger partial charge in [0, 0.05) is 16.1 Å². The SMILES string of the molecule is CC1CCCCC1NC(=O)CSc1nnc(-c2ccc(Br)cc2)o1. The molecule has 2 unspecified atom stereocenters. The van der Waals surface area contributed by atoms with Crippen LogP contribution in [0.3, 0.4) is 0 Å². The van der Waals surface area contributed by atoms with E-state index in [4.69, 9.17) is 4.42 Å². The zero-order valence-corrected chi connectivity index (χ0v) is 15.9. The fourth-order valence-corrected chi connectivity index (χ4v) is 3.72. The normalized spacial score (nSPS) is 20.8. The molecule has 24 heavy (non-hydrogen) atoms. The van der Waals surface area contributed by atoms with Gasteiger partial charge in [-0.15, -0.1) is 10.2 Å². The van der Waals surface area contributed by atoms with Crippen LogP contribution in [-0.2, 0) is 4.79 Å². The van der Waals surface area contributed by atoms with E-state index in [1.165, 1.54) is 31.0 Å². The van der Waals surface area contributed by atoms with E-state index in [9.17, 15) is 4.79 Å². The second kappa shape index (κ2) is 8.16. The van der Waals surface area contributed by atoms with Crippen molar-refractivity contribution in [1.29, 1.82) is 0 Å². The Bertz CT molecular complexity index is 689. The monoisotopic (exact) mass is 409 g/mol. The maximum Gasteiger partial charge on any atom is 0.277 e. The van der Waals surface area contributed by atoms with Crippen LogP contribution in [0.4, 0.5) is 0 Å². The average molecular weight is 410 g/mol. The number of benzene rings is 1. The molecule has 0 bridgehead atoms. The lowest BCUT2D eigenvalue weighted by atomic mass is 9.86. The van der Waals surface area contributed by atoms with Crippen molar-refractivity contribution in [2.24, 2.45) is 5.92 Å². The predicted octanol–water partition coefficient (Wildman–Crippen LogP) is 4.29. The Morgan fingerprint density at radius 1 is 1.29 bits per heavy atom. The average Bonchev–Trinajstić information content (AvgIpc) is 3.05. The first-order valence-electron chi connectivity index (χ1n) is 8.13. The molecule has 0 radical (unpaired) electrons. The fourth-order valence-electron chi connectivity index (χ4n) is 2.88. The number of nitrogens with zero attached hydrogens (tertiary/aromatic N) is 2. The second-order valence-corrected chi connectivity index (χ2v) is 7.95. The molecule has 1 aliphatic carbocycles. The zero-order chi connectivity index (χ0) is 16.9. The Hall–Kier alpha value is -1.34. The van der Waals surface area contributed by atoms with Gasteiger partial charge in [0.25, 0.3) is 5.22 Å². The third-order valence-electron chi connectivity index (χ3n) is 4.28. The highest BCUT2D eigenvalue weighted by atomic mass is 79.9. The van der Waals surface area contributed by atoms with Crippen LogP contribution >= 0.6 is 27.7 Å². The molecule has 1 saturated carbocycles. The summed E-state index contributed by atoms with van der Waals surface area (Å²) in [5.74, 6) is 1.35. The van der Waals surface area contributed by atoms with Gasteiger partial charge in [0.15, 0.2) is 0 Å². The summed E-state index contributed by atoms with van der Waals surface area (Å²) in [4.78, 5) is 12.1. The Labute approximate surface area is 154 Å². The second-order valence-electron chi connectivity index (χ2n) is 6.10. The molecular weight excluding hydrogens is 390 g/mol. The van der Waals surface area contributed by atoms with Crippen molar-refractivity contribution in [2.75, 3.05) is 5.75 Å². The third kappa shape index (κ3) is 4.60. The molecule has 1 aliphatic rings. The molecule has 3 rings (SSSR count). The van der Waals surface area contributed by atoms with Crippen LogP contribution in [0.15, 0.2) is 38.4 Å². The van der Waals surface area contributed by atoms with E-state index in [-0.39, 0.29) is 5.91 Å². The summed E-state index contributed by atoms with van der Waals surface area (Å²) < 4.78 is 6.61. The van der Waals surface area contributed by atoms with Crippen LogP contribution in [0, 0.1) is 5.92 Å². The number of halogens is 1. The first-order valence-corrected chi connectivity index (χ1v) is 9.91. The predicted molar refractivity (Wildman–Crippen MR) is 97.7 cm³/mol. The summed E-state index contributed by atoms with van der Waals surface area (Å²) in [7, 11) is 0. The molecule has 0 spiro atoms. The van der Waals surface area contributed by atoms with Crippen LogP contribution in [0.25, 0.3) is 11.5 Å². The third-order valence-corrected chi connectivity index (χ3v) is 5.63. The highest BCUT2D eigenvalue weighted by Crippen LogP contribution is 2.26. The van der Waals surface area contributed by atoms with E-state index >= 15 is 0 Å². The van der Waals surface area contributed by atoms with Crippen molar-refractivity contribution in [2.45, 2.75) is 43.9 Å². The molecule has 1 N–H and O–H groups in total. The number of thioether (sulfide) groups is 1. The summed E-state index contributed by atoms with van der Waals surface area (Å²) in [6.07, 6.45) is 4.73. The van der Waals surface area contributed by atoms with Gasteiger partial charge in [-0.1, -0.05) is 47.5 Å². The molecule has 0 saturated heterocycles. The summed E-state index contributed by atoms with van der Waals surface area (Å²) in [5, 5.41) is 11.6. The Kier molecular flexibility index (Phi) is 5.94. The van der Waals surface area contributed by atoms with Crippen molar-refractivity contribution >= 4 is 33.6 Å². The Balaban J connectivity index is 1.51. The number of aromatic nitrogens is 2. The number of hydrogen-bond acceptors (Lipinski definition) is 5. The number of carbonyl (C=O) groups excluding carboxylic acids is 1. The molecular formula is C17H20BrN3O2S. The van der Waals surface area contributed by atoms with E-state index in [0.717, 1.165) is 16.5 Å². The largest absolute Gasteiger partial charge is 0.411 e. The van der Waals surface area contributed by atoms with Gasteiger partial charge in [0.05, 0.1) is 5.75 Å². The van der Waals surface area contributed by atoms with Gasteiger partial charge in [0.1, 0.15) is 0 Å². The number of amides is 1. The van der Waals surface area contributed by atoms with E-state index in [0.29, 0.717) is 28.8 Å². The summed E-state index contributed by atoms with van der Waals surface area (Å²) >= 11 is 4.67. The van der Waals surface area contributed by atoms with Crippen LogP contribution in [0.1, 0.15) is 32.6 Å². The Morgan fingerprint density at radius 2 is 2.04 bits per heavy atom. The minimum atomic E-state index is 0.0298. The van der Waals surface area contributed by atoms with Crippen LogP contribution in [-0.4, -0.2) is 27.9 Å². The highest BCUT2D eigenvalue weighted by Gasteiger charge is 2.23. The minimum Gasteiger partial charge on any atom is -0.411 e. The zero-order valence-electron chi connectivity index (χ0n) is 13.5. The summed E-state index contributed by atoms with van der Waals surface area (Å²) in [6.45, 7) is 2.21. The fraction of sp³-hybridized carbons (Fsp3) is 0.471. The topological polar surface area (TPSA) is 68.0 Å². The number of nitrogens with one attached hydrogen (secondary N) is 1. The van der Waals surface area contributed by atoms with Crippen molar-refractivity contribution in [3.63, 3.8) is 0 Å². The van der Waals surface area contributed by atoms with Gasteiger partial charge in [-0.3, -0.25) is 4.79 Å². The minimum absolute atomic E-state index is 0.0298. The summed E-state index contributed by atoms with van der Waals surface area (Å²) in [5.41, 5.74) is 0.859. The molecule has 1 fully saturated rings. The molecule has 1 amide bonds. The number of carbonyl (C=O) groups is 1. The smallest absolute Gasteiger partial charge is 0.277 e. The van der Waals surface area contributed by atoms with Gasteiger partial charge in [-0.2, -0.15) is 0 Å². The summed E-state index contributed by atoms with van der Waals surface area (Å²) in [6, 6.07) is 7.95. The molecule has 1 aromatic carbocycles. The standard InChI is InChI=1S/C17H20BrN3O2S/c1-11-4-2-3-5-14(11)19-15(22)10-24-17-21-20-16(23-17)12-6-8-13(18)9-7-12/h6-9,11,14H,2-5,10H2,1H3,(H,19,22). The van der Waals surface area contributed by atoms with Gasteiger partial charge in [-0.25, -0.2) is 0 Å². The molecule has 1 aromatic heterocycles. The molecule has 128 valence electrons. The molecule has 2 aromatic rings. The van der Waals surface area contributed by atoms with Crippen LogP contribution < -0.4 is 5.32 Å². The van der Waals surface area contributed by atoms with E-state index < -0.39 is 0 Å². The van der Waals surface area contributed by atoms with Gasteiger partial charge in [0.2, 0.25) is 11.8 Å². The van der Waals surface area contributed by atoms with Crippen LogP contribution in [0.5, 0.6) is 0 Å². The molecule has 7 heteroatoms. The van der Waals surface area contributed by atoms with Crippen molar-refractivity contribution in [3.8, 4) is 11.5 Å². The van der Waals surface area contributed by atoms with E-state index in [2.05, 4.69) is 38.4 Å². The molecule has 0 aliphatic heterocycles. The first kappa shape index (κ1) is 17.5. The van der Waals surface area contributed by atoms with Gasteiger partial charge >= 0.3 is 0 Å². The Morgan fingerprint density at radius 3 is 2.79 bits per heavy atom. The quantitative estimate of drug-likeness (QED) is 0.745. The first-order chi connectivity index (χ1) is 11.6. The van der Waals surface area contributed by atoms with Crippen molar-refractivity contribution < 1.29 is 9.21 Å². The lowest BCUT2D eigenvalue weighted by molar-refractivity contribution is -0.119. The maximum absolute atomic E-state index is 12.1. The van der Waals surface area contributed by atoms with Crippen molar-refractivity contribution in [3.05, 3.63) is 28.7 Å². The number of rotatable bonds is 5. The lowest BCUT2D eigenvalue weighted by Crippen LogP contribution is -2.41. The molecule has 5 nitrogen and oxygen atoms in total. The highest BCUT2D eigenvalue weighted by molar-refractivity contribution is 9.10. The van der Waals surface area contributed by atoms with E-state index in [1.807, 2.05) is 24.3 Å². The lowest BCUT2D eigenvalue weighted by Gasteiger charge is -2.29. The van der Waals surface area contributed by atoms with Crippen LogP contribution in [0.2, 0.25) is 0 Å². The van der Waals surface area contributed by atoms with Crippen molar-refractivity contribution in [1.82, 2.24) is 15.5 Å².